The van der Waals surface area contributed by atoms with E-state index in [0.717, 1.165) is 0 Å². The molecule has 0 bridgehead atoms. The van der Waals surface area contributed by atoms with Crippen molar-refractivity contribution in [1.29, 1.82) is 0 Å². The predicted molar refractivity (Wildman–Crippen MR) is 97.5 cm³/mol. The van der Waals surface area contributed by atoms with Gasteiger partial charge in [-0.15, -0.1) is 0 Å². The molecule has 0 aliphatic carbocycles. The molecule has 0 saturated heterocycles. The fourth-order valence-corrected chi connectivity index (χ4v) is 3.83. The molecule has 0 saturated carbocycles. The van der Waals surface area contributed by atoms with Crippen LogP contribution in [0, 0.1) is 5.92 Å². The normalized spacial score (nSPS) is 12.6. The van der Waals surface area contributed by atoms with E-state index < -0.39 is 27.8 Å². The third-order valence-electron chi connectivity index (χ3n) is 3.87. The third-order valence-corrected chi connectivity index (χ3v) is 5.57. The van der Waals surface area contributed by atoms with E-state index in [1.807, 2.05) is 0 Å². The smallest absolute Gasteiger partial charge is 0.326 e. The summed E-state index contributed by atoms with van der Waals surface area (Å²) in [5.74, 6) is -2.19. The lowest BCUT2D eigenvalue weighted by Crippen LogP contribution is -2.44. The molecule has 2 N–H and O–H groups in total. The average molecular weight is 375 g/mol. The van der Waals surface area contributed by atoms with Crippen molar-refractivity contribution in [2.45, 2.75) is 30.5 Å². The minimum Gasteiger partial charge on any atom is -0.480 e. The highest BCUT2D eigenvalue weighted by atomic mass is 32.2. The summed E-state index contributed by atoms with van der Waals surface area (Å²) in [4.78, 5) is 23.8. The van der Waals surface area contributed by atoms with Crippen LogP contribution in [0.25, 0.3) is 0 Å². The van der Waals surface area contributed by atoms with Gasteiger partial charge in [-0.1, -0.05) is 44.2 Å². The van der Waals surface area contributed by atoms with Crippen molar-refractivity contribution >= 4 is 21.7 Å². The molecule has 1 atom stereocenters. The number of aliphatic carboxylic acids is 1. The zero-order chi connectivity index (χ0) is 19.3. The van der Waals surface area contributed by atoms with E-state index in [9.17, 15) is 23.1 Å². The van der Waals surface area contributed by atoms with Crippen LogP contribution in [0.1, 0.15) is 29.8 Å². The first-order valence-corrected chi connectivity index (χ1v) is 9.76. The van der Waals surface area contributed by atoms with Crippen LogP contribution in [-0.4, -0.2) is 31.4 Å². The minimum atomic E-state index is -3.53. The predicted octanol–water partition coefficient (Wildman–Crippen LogP) is 2.50. The van der Waals surface area contributed by atoms with E-state index in [1.165, 1.54) is 24.3 Å². The number of carboxylic acid groups (broad SMARTS) is 1. The Hall–Kier alpha value is -2.67. The molecule has 2 aromatic rings. The zero-order valence-electron chi connectivity index (χ0n) is 14.5. The quantitative estimate of drug-likeness (QED) is 0.774. The van der Waals surface area contributed by atoms with Gasteiger partial charge in [-0.05, 0) is 35.7 Å². The number of rotatable bonds is 7. The third kappa shape index (κ3) is 4.92. The molecule has 0 aromatic heterocycles. The van der Waals surface area contributed by atoms with E-state index in [1.54, 1.807) is 44.2 Å². The number of nitrogens with one attached hydrogen (secondary N) is 1. The number of hydrogen-bond acceptors (Lipinski definition) is 4. The molecular formula is C19H21NO5S. The van der Waals surface area contributed by atoms with Gasteiger partial charge >= 0.3 is 5.97 Å². The van der Waals surface area contributed by atoms with Crippen LogP contribution < -0.4 is 5.32 Å². The summed E-state index contributed by atoms with van der Waals surface area (Å²) >= 11 is 0. The van der Waals surface area contributed by atoms with Crippen LogP contribution in [0.4, 0.5) is 0 Å². The highest BCUT2D eigenvalue weighted by Crippen LogP contribution is 2.17. The van der Waals surface area contributed by atoms with Crippen LogP contribution >= 0.6 is 0 Å². The van der Waals surface area contributed by atoms with Crippen LogP contribution in [0.5, 0.6) is 0 Å². The van der Waals surface area contributed by atoms with E-state index in [4.69, 9.17) is 0 Å². The second kappa shape index (κ2) is 8.14. The van der Waals surface area contributed by atoms with Gasteiger partial charge in [0.2, 0.25) is 0 Å². The Morgan fingerprint density at radius 1 is 1.04 bits per heavy atom. The Morgan fingerprint density at radius 3 is 2.27 bits per heavy atom. The van der Waals surface area contributed by atoms with E-state index in [-0.39, 0.29) is 22.1 Å². The fraction of sp³-hybridized carbons (Fsp3) is 0.263. The molecule has 1 unspecified atom stereocenters. The molecule has 0 spiro atoms. The summed E-state index contributed by atoms with van der Waals surface area (Å²) in [6, 6.07) is 13.2. The van der Waals surface area contributed by atoms with Crippen LogP contribution in [0.2, 0.25) is 0 Å². The molecule has 26 heavy (non-hydrogen) atoms. The zero-order valence-corrected chi connectivity index (χ0v) is 15.4. The molecule has 0 radical (unpaired) electrons. The van der Waals surface area contributed by atoms with Crippen molar-refractivity contribution in [2.75, 3.05) is 0 Å². The first kappa shape index (κ1) is 19.7. The summed E-state index contributed by atoms with van der Waals surface area (Å²) in [7, 11) is -3.53. The van der Waals surface area contributed by atoms with Gasteiger partial charge in [0, 0.05) is 5.56 Å². The standard InChI is InChI=1S/C19H21NO5S/c1-13(2)17(19(22)23)20-18(21)15-8-6-7-14(11-15)12-26(24,25)16-9-4-3-5-10-16/h3-11,13,17H,12H2,1-2H3,(H,20,21)(H,22,23). The number of sulfone groups is 1. The fourth-order valence-electron chi connectivity index (χ4n) is 2.47. The van der Waals surface area contributed by atoms with Crippen molar-refractivity contribution < 1.29 is 23.1 Å². The molecule has 7 heteroatoms. The highest BCUT2D eigenvalue weighted by molar-refractivity contribution is 7.90. The number of carbonyl (C=O) groups is 2. The summed E-state index contributed by atoms with van der Waals surface area (Å²) in [5.41, 5.74) is 0.676. The Morgan fingerprint density at radius 2 is 1.69 bits per heavy atom. The number of hydrogen-bond donors (Lipinski definition) is 2. The molecule has 0 fully saturated rings. The monoisotopic (exact) mass is 375 g/mol. The summed E-state index contributed by atoms with van der Waals surface area (Å²) in [6.45, 7) is 3.39. The van der Waals surface area contributed by atoms with E-state index >= 15 is 0 Å². The second-order valence-corrected chi connectivity index (χ2v) is 8.30. The average Bonchev–Trinajstić information content (AvgIpc) is 2.59. The van der Waals surface area contributed by atoms with Gasteiger partial charge < -0.3 is 10.4 Å². The van der Waals surface area contributed by atoms with E-state index in [2.05, 4.69) is 5.32 Å². The molecule has 2 aromatic carbocycles. The SMILES string of the molecule is CC(C)C(NC(=O)c1cccc(CS(=O)(=O)c2ccccc2)c1)C(=O)O. The molecule has 138 valence electrons. The van der Waals surface area contributed by atoms with Gasteiger partial charge in [-0.25, -0.2) is 13.2 Å². The number of benzene rings is 2. The van der Waals surface area contributed by atoms with Crippen LogP contribution in [0.3, 0.4) is 0 Å². The number of amides is 1. The van der Waals surface area contributed by atoms with Gasteiger partial charge in [-0.2, -0.15) is 0 Å². The Balaban J connectivity index is 2.20. The molecule has 2 rings (SSSR count). The van der Waals surface area contributed by atoms with E-state index in [0.29, 0.717) is 5.56 Å². The minimum absolute atomic E-state index is 0.209. The Kier molecular flexibility index (Phi) is 6.15. The van der Waals surface area contributed by atoms with Crippen molar-refractivity contribution in [1.82, 2.24) is 5.32 Å². The molecule has 0 aliphatic rings. The van der Waals surface area contributed by atoms with Gasteiger partial charge in [-0.3, -0.25) is 4.79 Å². The van der Waals surface area contributed by atoms with Gasteiger partial charge in [0.1, 0.15) is 6.04 Å². The summed E-state index contributed by atoms with van der Waals surface area (Å²) < 4.78 is 24.9. The van der Waals surface area contributed by atoms with Gasteiger partial charge in [0.15, 0.2) is 9.84 Å². The van der Waals surface area contributed by atoms with Gasteiger partial charge in [0.25, 0.3) is 5.91 Å². The van der Waals surface area contributed by atoms with Crippen molar-refractivity contribution in [2.24, 2.45) is 5.92 Å². The van der Waals surface area contributed by atoms with Crippen molar-refractivity contribution in [3.05, 3.63) is 65.7 Å². The maximum atomic E-state index is 12.5. The molecule has 1 amide bonds. The Labute approximate surface area is 152 Å². The lowest BCUT2D eigenvalue weighted by Gasteiger charge is -2.18. The first-order chi connectivity index (χ1) is 12.2. The molecular weight excluding hydrogens is 354 g/mol. The number of carbonyl (C=O) groups excluding carboxylic acids is 1. The Bertz CT molecular complexity index is 891. The lowest BCUT2D eigenvalue weighted by molar-refractivity contribution is -0.140. The number of carboxylic acids is 1. The largest absolute Gasteiger partial charge is 0.480 e. The first-order valence-electron chi connectivity index (χ1n) is 8.11. The van der Waals surface area contributed by atoms with Gasteiger partial charge in [0.05, 0.1) is 10.6 Å². The summed E-state index contributed by atoms with van der Waals surface area (Å²) in [6.07, 6.45) is 0. The molecule has 0 aliphatic heterocycles. The van der Waals surface area contributed by atoms with Crippen LogP contribution in [-0.2, 0) is 20.4 Å². The van der Waals surface area contributed by atoms with Crippen LogP contribution in [0.15, 0.2) is 59.5 Å². The maximum Gasteiger partial charge on any atom is 0.326 e. The highest BCUT2D eigenvalue weighted by Gasteiger charge is 2.24. The topological polar surface area (TPSA) is 101 Å². The molecule has 6 nitrogen and oxygen atoms in total. The lowest BCUT2D eigenvalue weighted by atomic mass is 10.0. The second-order valence-electron chi connectivity index (χ2n) is 6.31. The molecule has 0 heterocycles. The van der Waals surface area contributed by atoms with Crippen molar-refractivity contribution in [3.63, 3.8) is 0 Å². The maximum absolute atomic E-state index is 12.5. The van der Waals surface area contributed by atoms with Crippen molar-refractivity contribution in [3.8, 4) is 0 Å². The summed E-state index contributed by atoms with van der Waals surface area (Å²) in [5, 5.41) is 11.6.